The van der Waals surface area contributed by atoms with Crippen LogP contribution in [0.3, 0.4) is 0 Å². The summed E-state index contributed by atoms with van der Waals surface area (Å²) in [5.41, 5.74) is -0.341. The summed E-state index contributed by atoms with van der Waals surface area (Å²) in [6.07, 6.45) is 7.51. The Morgan fingerprint density at radius 3 is 2.74 bits per heavy atom. The standard InChI is InChI=1S/C16H31N3/c1-4-15-8-6-11-19(13-9-15)12-7-10-16(3,14-17)18-5-2/h15,18H,4-13H2,1-3H3. The zero-order chi connectivity index (χ0) is 14.1. The number of likely N-dealkylation sites (tertiary alicyclic amines) is 1. The smallest absolute Gasteiger partial charge is 0.103 e. The van der Waals surface area contributed by atoms with Crippen molar-refractivity contribution in [3.05, 3.63) is 0 Å². The largest absolute Gasteiger partial charge is 0.303 e. The first-order chi connectivity index (χ1) is 9.13. The van der Waals surface area contributed by atoms with Gasteiger partial charge in [-0.2, -0.15) is 5.26 Å². The fraction of sp³-hybridized carbons (Fsp3) is 0.938. The van der Waals surface area contributed by atoms with E-state index >= 15 is 0 Å². The molecule has 0 amide bonds. The second-order valence-corrected chi connectivity index (χ2v) is 6.12. The van der Waals surface area contributed by atoms with Gasteiger partial charge in [0, 0.05) is 0 Å². The third-order valence-corrected chi connectivity index (χ3v) is 4.48. The summed E-state index contributed by atoms with van der Waals surface area (Å²) in [7, 11) is 0. The van der Waals surface area contributed by atoms with E-state index in [0.717, 1.165) is 31.8 Å². The monoisotopic (exact) mass is 265 g/mol. The van der Waals surface area contributed by atoms with Gasteiger partial charge in [0.25, 0.3) is 0 Å². The third-order valence-electron chi connectivity index (χ3n) is 4.48. The van der Waals surface area contributed by atoms with Crippen LogP contribution in [0.4, 0.5) is 0 Å². The molecule has 0 aromatic rings. The lowest BCUT2D eigenvalue weighted by Crippen LogP contribution is -2.41. The van der Waals surface area contributed by atoms with E-state index in [1.54, 1.807) is 0 Å². The Morgan fingerprint density at radius 2 is 2.11 bits per heavy atom. The molecule has 2 atom stereocenters. The lowest BCUT2D eigenvalue weighted by Gasteiger charge is -2.25. The molecule has 3 heteroatoms. The minimum Gasteiger partial charge on any atom is -0.303 e. The highest BCUT2D eigenvalue weighted by Gasteiger charge is 2.22. The van der Waals surface area contributed by atoms with Crippen molar-refractivity contribution in [2.75, 3.05) is 26.2 Å². The molecule has 0 bridgehead atoms. The van der Waals surface area contributed by atoms with Crippen molar-refractivity contribution in [3.8, 4) is 6.07 Å². The van der Waals surface area contributed by atoms with Crippen molar-refractivity contribution in [3.63, 3.8) is 0 Å². The van der Waals surface area contributed by atoms with E-state index in [4.69, 9.17) is 0 Å². The van der Waals surface area contributed by atoms with Gasteiger partial charge in [-0.3, -0.25) is 5.32 Å². The molecule has 1 heterocycles. The van der Waals surface area contributed by atoms with Crippen molar-refractivity contribution in [1.29, 1.82) is 5.26 Å². The predicted octanol–water partition coefficient (Wildman–Crippen LogP) is 3.17. The van der Waals surface area contributed by atoms with Crippen LogP contribution in [0.2, 0.25) is 0 Å². The van der Waals surface area contributed by atoms with Gasteiger partial charge in [-0.1, -0.05) is 20.3 Å². The Balaban J connectivity index is 2.27. The first-order valence-corrected chi connectivity index (χ1v) is 8.02. The summed E-state index contributed by atoms with van der Waals surface area (Å²) in [4.78, 5) is 2.60. The average Bonchev–Trinajstić information content (AvgIpc) is 2.64. The van der Waals surface area contributed by atoms with Crippen LogP contribution in [0.5, 0.6) is 0 Å². The molecule has 1 N–H and O–H groups in total. The summed E-state index contributed by atoms with van der Waals surface area (Å²) in [5.74, 6) is 0.941. The summed E-state index contributed by atoms with van der Waals surface area (Å²) < 4.78 is 0. The van der Waals surface area contributed by atoms with Crippen molar-refractivity contribution < 1.29 is 0 Å². The maximum Gasteiger partial charge on any atom is 0.103 e. The van der Waals surface area contributed by atoms with Crippen molar-refractivity contribution in [1.82, 2.24) is 10.2 Å². The molecule has 0 aromatic heterocycles. The first-order valence-electron chi connectivity index (χ1n) is 8.02. The maximum absolute atomic E-state index is 9.24. The second-order valence-electron chi connectivity index (χ2n) is 6.12. The van der Waals surface area contributed by atoms with E-state index in [0.29, 0.717) is 0 Å². The number of nitrogens with zero attached hydrogens (tertiary/aromatic N) is 2. The van der Waals surface area contributed by atoms with Crippen LogP contribution in [0, 0.1) is 17.2 Å². The molecule has 1 aliphatic rings. The van der Waals surface area contributed by atoms with Gasteiger partial charge in [0.05, 0.1) is 6.07 Å². The highest BCUT2D eigenvalue weighted by molar-refractivity contribution is 5.03. The average molecular weight is 265 g/mol. The fourth-order valence-corrected chi connectivity index (χ4v) is 3.09. The molecule has 1 rings (SSSR count). The zero-order valence-corrected chi connectivity index (χ0v) is 13.0. The molecule has 19 heavy (non-hydrogen) atoms. The van der Waals surface area contributed by atoms with Gasteiger partial charge in [0.15, 0.2) is 0 Å². The Bertz CT molecular complexity index is 284. The van der Waals surface area contributed by atoms with Crippen LogP contribution in [-0.4, -0.2) is 36.6 Å². The normalized spacial score (nSPS) is 24.4. The first kappa shape index (κ1) is 16.5. The van der Waals surface area contributed by atoms with Gasteiger partial charge < -0.3 is 4.90 Å². The zero-order valence-electron chi connectivity index (χ0n) is 13.0. The topological polar surface area (TPSA) is 39.1 Å². The minimum absolute atomic E-state index is 0.341. The molecule has 3 nitrogen and oxygen atoms in total. The van der Waals surface area contributed by atoms with Crippen LogP contribution >= 0.6 is 0 Å². The van der Waals surface area contributed by atoms with Crippen LogP contribution in [-0.2, 0) is 0 Å². The Morgan fingerprint density at radius 1 is 1.32 bits per heavy atom. The van der Waals surface area contributed by atoms with E-state index < -0.39 is 0 Å². The fourth-order valence-electron chi connectivity index (χ4n) is 3.09. The van der Waals surface area contributed by atoms with Gasteiger partial charge in [0.1, 0.15) is 5.54 Å². The second kappa shape index (κ2) is 8.55. The Kier molecular flexibility index (Phi) is 7.41. The van der Waals surface area contributed by atoms with Crippen LogP contribution in [0.15, 0.2) is 0 Å². The Labute approximate surface area is 119 Å². The lowest BCUT2D eigenvalue weighted by atomic mass is 9.97. The number of hydrogen-bond donors (Lipinski definition) is 1. The summed E-state index contributed by atoms with van der Waals surface area (Å²) in [6, 6.07) is 2.42. The van der Waals surface area contributed by atoms with Crippen LogP contribution in [0.1, 0.15) is 59.3 Å². The highest BCUT2D eigenvalue weighted by Crippen LogP contribution is 2.21. The van der Waals surface area contributed by atoms with Gasteiger partial charge in [-0.25, -0.2) is 0 Å². The molecule has 0 aliphatic carbocycles. The molecule has 0 aromatic carbocycles. The van der Waals surface area contributed by atoms with E-state index in [-0.39, 0.29) is 5.54 Å². The number of nitrogens with one attached hydrogen (secondary N) is 1. The predicted molar refractivity (Wildman–Crippen MR) is 81.0 cm³/mol. The van der Waals surface area contributed by atoms with Crippen molar-refractivity contribution in [2.24, 2.45) is 5.92 Å². The van der Waals surface area contributed by atoms with Gasteiger partial charge in [0.2, 0.25) is 0 Å². The quantitative estimate of drug-likeness (QED) is 0.768. The maximum atomic E-state index is 9.24. The number of hydrogen-bond acceptors (Lipinski definition) is 3. The molecule has 2 unspecified atom stereocenters. The Hall–Kier alpha value is -0.590. The molecule has 1 saturated heterocycles. The minimum atomic E-state index is -0.341. The molecule has 0 radical (unpaired) electrons. The van der Waals surface area contributed by atoms with Gasteiger partial charge >= 0.3 is 0 Å². The van der Waals surface area contributed by atoms with Gasteiger partial charge in [-0.15, -0.1) is 0 Å². The molecule has 1 aliphatic heterocycles. The molecule has 110 valence electrons. The molecular formula is C16H31N3. The van der Waals surface area contributed by atoms with Gasteiger partial charge in [-0.05, 0) is 71.1 Å². The van der Waals surface area contributed by atoms with Crippen LogP contribution < -0.4 is 5.32 Å². The van der Waals surface area contributed by atoms with Crippen LogP contribution in [0.25, 0.3) is 0 Å². The number of rotatable bonds is 7. The summed E-state index contributed by atoms with van der Waals surface area (Å²) in [6.45, 7) is 10.9. The SMILES string of the molecule is CCNC(C)(C#N)CCCN1CCCC(CC)CC1. The molecular weight excluding hydrogens is 234 g/mol. The van der Waals surface area contributed by atoms with E-state index in [1.807, 2.05) is 6.92 Å². The number of nitriles is 1. The third kappa shape index (κ3) is 5.93. The van der Waals surface area contributed by atoms with Crippen molar-refractivity contribution >= 4 is 0 Å². The van der Waals surface area contributed by atoms with Crippen molar-refractivity contribution in [2.45, 2.75) is 64.8 Å². The molecule has 1 fully saturated rings. The van der Waals surface area contributed by atoms with E-state index in [1.165, 1.54) is 38.8 Å². The summed E-state index contributed by atoms with van der Waals surface area (Å²) in [5, 5.41) is 12.5. The van der Waals surface area contributed by atoms with E-state index in [2.05, 4.69) is 30.1 Å². The summed E-state index contributed by atoms with van der Waals surface area (Å²) >= 11 is 0. The van der Waals surface area contributed by atoms with E-state index in [9.17, 15) is 5.26 Å². The molecule has 0 saturated carbocycles. The lowest BCUT2D eigenvalue weighted by molar-refractivity contribution is 0.263. The highest BCUT2D eigenvalue weighted by atomic mass is 15.1. The molecule has 0 spiro atoms.